The highest BCUT2D eigenvalue weighted by atomic mass is 16.5. The zero-order valence-electron chi connectivity index (χ0n) is 9.29. The van der Waals surface area contributed by atoms with Gasteiger partial charge in [0.2, 0.25) is 5.91 Å². The highest BCUT2D eigenvalue weighted by molar-refractivity contribution is 5.79. The van der Waals surface area contributed by atoms with Crippen LogP contribution in [-0.4, -0.2) is 38.3 Å². The lowest BCUT2D eigenvalue weighted by Gasteiger charge is -2.30. The number of hydrogen-bond acceptors (Lipinski definition) is 3. The predicted octanol–water partition coefficient (Wildman–Crippen LogP) is 0.137. The van der Waals surface area contributed by atoms with Crippen LogP contribution in [0, 0.1) is 11.8 Å². The molecular formula is C11H20N2O2. The summed E-state index contributed by atoms with van der Waals surface area (Å²) < 4.78 is 5.22. The van der Waals surface area contributed by atoms with Crippen LogP contribution in [0.3, 0.4) is 0 Å². The molecule has 0 aromatic heterocycles. The van der Waals surface area contributed by atoms with E-state index in [2.05, 4.69) is 17.6 Å². The quantitative estimate of drug-likeness (QED) is 0.684. The Morgan fingerprint density at radius 1 is 1.47 bits per heavy atom. The van der Waals surface area contributed by atoms with Crippen LogP contribution in [0.25, 0.3) is 0 Å². The van der Waals surface area contributed by atoms with Gasteiger partial charge in [-0.2, -0.15) is 0 Å². The first-order chi connectivity index (χ1) is 7.27. The van der Waals surface area contributed by atoms with Crippen LogP contribution in [0.4, 0.5) is 0 Å². The Morgan fingerprint density at radius 2 is 2.33 bits per heavy atom. The van der Waals surface area contributed by atoms with Gasteiger partial charge in [-0.3, -0.25) is 4.79 Å². The standard InChI is InChI=1S/C11H20N2O2/c1-8-2-4-12-6-10(8)13-11(14)9-3-5-15-7-9/h8-10,12H,2-7H2,1H3,(H,13,14). The van der Waals surface area contributed by atoms with Crippen molar-refractivity contribution in [1.82, 2.24) is 10.6 Å². The number of hydrogen-bond donors (Lipinski definition) is 2. The summed E-state index contributed by atoms with van der Waals surface area (Å²) in [6.07, 6.45) is 2.02. The van der Waals surface area contributed by atoms with E-state index < -0.39 is 0 Å². The summed E-state index contributed by atoms with van der Waals surface area (Å²) in [6.45, 7) is 5.51. The third-order valence-electron chi connectivity index (χ3n) is 3.46. The second-order valence-corrected chi connectivity index (χ2v) is 4.65. The van der Waals surface area contributed by atoms with Gasteiger partial charge in [0.05, 0.1) is 12.5 Å². The Hall–Kier alpha value is -0.610. The molecule has 0 aromatic rings. The number of rotatable bonds is 2. The SMILES string of the molecule is CC1CCNCC1NC(=O)C1CCOC1. The highest BCUT2D eigenvalue weighted by Gasteiger charge is 2.28. The molecule has 2 aliphatic rings. The molecule has 2 N–H and O–H groups in total. The lowest BCUT2D eigenvalue weighted by Crippen LogP contribution is -2.51. The summed E-state index contributed by atoms with van der Waals surface area (Å²) in [6, 6.07) is 0.298. The summed E-state index contributed by atoms with van der Waals surface area (Å²) in [5.41, 5.74) is 0. The van der Waals surface area contributed by atoms with Crippen LogP contribution in [0.2, 0.25) is 0 Å². The molecule has 3 atom stereocenters. The monoisotopic (exact) mass is 212 g/mol. The second-order valence-electron chi connectivity index (χ2n) is 4.65. The van der Waals surface area contributed by atoms with Gasteiger partial charge in [-0.15, -0.1) is 0 Å². The fourth-order valence-corrected chi connectivity index (χ4v) is 2.22. The molecule has 15 heavy (non-hydrogen) atoms. The van der Waals surface area contributed by atoms with Crippen molar-refractivity contribution >= 4 is 5.91 Å². The molecule has 0 saturated carbocycles. The Bertz CT molecular complexity index is 227. The topological polar surface area (TPSA) is 50.4 Å². The van der Waals surface area contributed by atoms with Gasteiger partial charge in [0.25, 0.3) is 0 Å². The van der Waals surface area contributed by atoms with Crippen molar-refractivity contribution in [3.63, 3.8) is 0 Å². The van der Waals surface area contributed by atoms with Gasteiger partial charge in [-0.25, -0.2) is 0 Å². The number of carbonyl (C=O) groups is 1. The molecule has 2 fully saturated rings. The van der Waals surface area contributed by atoms with Gasteiger partial charge in [-0.05, 0) is 25.3 Å². The molecule has 0 radical (unpaired) electrons. The van der Waals surface area contributed by atoms with E-state index in [-0.39, 0.29) is 11.8 Å². The number of nitrogens with one attached hydrogen (secondary N) is 2. The Balaban J connectivity index is 1.81. The van der Waals surface area contributed by atoms with Crippen molar-refractivity contribution in [3.05, 3.63) is 0 Å². The van der Waals surface area contributed by atoms with Crippen molar-refractivity contribution in [3.8, 4) is 0 Å². The first kappa shape index (κ1) is 10.9. The second kappa shape index (κ2) is 4.94. The van der Waals surface area contributed by atoms with Crippen molar-refractivity contribution in [2.24, 2.45) is 11.8 Å². The van der Waals surface area contributed by atoms with Crippen LogP contribution in [0.15, 0.2) is 0 Å². The van der Waals surface area contributed by atoms with Crippen LogP contribution >= 0.6 is 0 Å². The van der Waals surface area contributed by atoms with Gasteiger partial charge >= 0.3 is 0 Å². The van der Waals surface area contributed by atoms with Gasteiger partial charge in [0.1, 0.15) is 0 Å². The highest BCUT2D eigenvalue weighted by Crippen LogP contribution is 2.15. The zero-order chi connectivity index (χ0) is 10.7. The van der Waals surface area contributed by atoms with Crippen molar-refractivity contribution in [1.29, 1.82) is 0 Å². The minimum Gasteiger partial charge on any atom is -0.381 e. The third kappa shape index (κ3) is 2.69. The Kier molecular flexibility index (Phi) is 3.59. The minimum absolute atomic E-state index is 0.0825. The molecule has 2 saturated heterocycles. The van der Waals surface area contributed by atoms with Crippen molar-refractivity contribution in [2.45, 2.75) is 25.8 Å². The molecule has 2 rings (SSSR count). The summed E-state index contributed by atoms with van der Waals surface area (Å²) in [5, 5.41) is 6.44. The van der Waals surface area contributed by atoms with Gasteiger partial charge in [0, 0.05) is 19.2 Å². The Morgan fingerprint density at radius 3 is 3.00 bits per heavy atom. The maximum absolute atomic E-state index is 11.8. The molecule has 0 aliphatic carbocycles. The molecule has 0 bridgehead atoms. The van der Waals surface area contributed by atoms with Crippen molar-refractivity contribution < 1.29 is 9.53 Å². The fourth-order valence-electron chi connectivity index (χ4n) is 2.22. The number of piperidine rings is 1. The molecule has 86 valence electrons. The summed E-state index contributed by atoms with van der Waals surface area (Å²) in [7, 11) is 0. The van der Waals surface area contributed by atoms with Gasteiger partial charge < -0.3 is 15.4 Å². The Labute approximate surface area is 90.8 Å². The maximum atomic E-state index is 11.8. The molecule has 4 nitrogen and oxygen atoms in total. The zero-order valence-corrected chi connectivity index (χ0v) is 9.29. The third-order valence-corrected chi connectivity index (χ3v) is 3.46. The summed E-state index contributed by atoms with van der Waals surface area (Å²) in [5.74, 6) is 0.838. The number of amides is 1. The normalized spacial score (nSPS) is 36.5. The fraction of sp³-hybridized carbons (Fsp3) is 0.909. The van der Waals surface area contributed by atoms with E-state index in [0.29, 0.717) is 18.6 Å². The van der Waals surface area contributed by atoms with E-state index in [1.165, 1.54) is 0 Å². The first-order valence-electron chi connectivity index (χ1n) is 5.86. The van der Waals surface area contributed by atoms with Gasteiger partial charge in [0.15, 0.2) is 0 Å². The molecule has 2 aliphatic heterocycles. The van der Waals surface area contributed by atoms with Gasteiger partial charge in [-0.1, -0.05) is 6.92 Å². The molecule has 0 aromatic carbocycles. The number of carbonyl (C=O) groups excluding carboxylic acids is 1. The molecule has 0 spiro atoms. The molecular weight excluding hydrogens is 192 g/mol. The van der Waals surface area contributed by atoms with Crippen LogP contribution in [0.1, 0.15) is 19.8 Å². The van der Waals surface area contributed by atoms with Crippen LogP contribution < -0.4 is 10.6 Å². The van der Waals surface area contributed by atoms with E-state index >= 15 is 0 Å². The van der Waals surface area contributed by atoms with Crippen LogP contribution in [-0.2, 0) is 9.53 Å². The minimum atomic E-state index is 0.0825. The lowest BCUT2D eigenvalue weighted by molar-refractivity contribution is -0.126. The molecule has 4 heteroatoms. The lowest BCUT2D eigenvalue weighted by atomic mass is 9.94. The maximum Gasteiger partial charge on any atom is 0.225 e. The van der Waals surface area contributed by atoms with E-state index in [9.17, 15) is 4.79 Å². The van der Waals surface area contributed by atoms with E-state index in [1.807, 2.05) is 0 Å². The molecule has 1 amide bonds. The first-order valence-corrected chi connectivity index (χ1v) is 5.86. The average Bonchev–Trinajstić information content (AvgIpc) is 2.74. The van der Waals surface area contributed by atoms with Crippen LogP contribution in [0.5, 0.6) is 0 Å². The molecule has 3 unspecified atom stereocenters. The number of ether oxygens (including phenoxy) is 1. The largest absolute Gasteiger partial charge is 0.381 e. The van der Waals surface area contributed by atoms with E-state index in [1.54, 1.807) is 0 Å². The summed E-state index contributed by atoms with van der Waals surface area (Å²) in [4.78, 5) is 11.8. The van der Waals surface area contributed by atoms with E-state index in [4.69, 9.17) is 4.74 Å². The smallest absolute Gasteiger partial charge is 0.225 e. The summed E-state index contributed by atoms with van der Waals surface area (Å²) >= 11 is 0. The predicted molar refractivity (Wildman–Crippen MR) is 57.5 cm³/mol. The average molecular weight is 212 g/mol. The van der Waals surface area contributed by atoms with Crippen molar-refractivity contribution in [2.75, 3.05) is 26.3 Å². The molecule has 2 heterocycles. The van der Waals surface area contributed by atoms with E-state index in [0.717, 1.165) is 32.5 Å².